The zero-order valence-electron chi connectivity index (χ0n) is 10.4. The summed E-state index contributed by atoms with van der Waals surface area (Å²) < 4.78 is 0. The number of allylic oxidation sites excluding steroid dienone is 3. The van der Waals surface area contributed by atoms with E-state index in [0.717, 1.165) is 37.9 Å². The number of hydrogen-bond donors (Lipinski definition) is 1. The molecule has 0 aromatic heterocycles. The maximum atomic E-state index is 10.3. The van der Waals surface area contributed by atoms with Crippen molar-refractivity contribution in [1.29, 1.82) is 5.41 Å². The zero-order valence-corrected chi connectivity index (χ0v) is 10.4. The van der Waals surface area contributed by atoms with Crippen LogP contribution in [0.5, 0.6) is 0 Å². The van der Waals surface area contributed by atoms with Crippen molar-refractivity contribution in [1.82, 2.24) is 4.90 Å². The molecule has 0 radical (unpaired) electrons. The Labute approximate surface area is 103 Å². The van der Waals surface area contributed by atoms with E-state index in [1.165, 1.54) is 6.21 Å². The molecule has 1 N–H and O–H groups in total. The van der Waals surface area contributed by atoms with Crippen molar-refractivity contribution in [3.05, 3.63) is 28.8 Å². The number of nitrogens with one attached hydrogen (secondary N) is 1. The summed E-state index contributed by atoms with van der Waals surface area (Å²) >= 11 is 0. The summed E-state index contributed by atoms with van der Waals surface area (Å²) in [5.41, 5.74) is 1.15. The van der Waals surface area contributed by atoms with Gasteiger partial charge in [0.15, 0.2) is 0 Å². The van der Waals surface area contributed by atoms with E-state index < -0.39 is 0 Å². The van der Waals surface area contributed by atoms with Crippen LogP contribution in [-0.4, -0.2) is 30.7 Å². The van der Waals surface area contributed by atoms with Gasteiger partial charge in [-0.2, -0.15) is 4.91 Å². The van der Waals surface area contributed by atoms with E-state index in [-0.39, 0.29) is 0 Å². The molecule has 0 bridgehead atoms. The lowest BCUT2D eigenvalue weighted by Crippen LogP contribution is -2.19. The van der Waals surface area contributed by atoms with Gasteiger partial charge in [0.25, 0.3) is 0 Å². The van der Waals surface area contributed by atoms with Gasteiger partial charge in [0.1, 0.15) is 0 Å². The lowest BCUT2D eigenvalue weighted by molar-refractivity contribution is 0.380. The highest BCUT2D eigenvalue weighted by molar-refractivity contribution is 5.68. The van der Waals surface area contributed by atoms with Gasteiger partial charge in [-0.3, -0.25) is 0 Å². The van der Waals surface area contributed by atoms with Gasteiger partial charge in [0.05, 0.1) is 6.54 Å². The third kappa shape index (κ3) is 5.43. The molecule has 0 aromatic carbocycles. The minimum atomic E-state index is 0.461. The first-order chi connectivity index (χ1) is 8.26. The fourth-order valence-electron chi connectivity index (χ4n) is 2.14. The molecule has 1 heterocycles. The maximum Gasteiger partial charge on any atom is 0.0840 e. The molecule has 4 nitrogen and oxygen atoms in total. The summed E-state index contributed by atoms with van der Waals surface area (Å²) in [4.78, 5) is 12.6. The Morgan fingerprint density at radius 3 is 3.00 bits per heavy atom. The average Bonchev–Trinajstić information content (AvgIpc) is 2.53. The molecule has 1 aliphatic heterocycles. The number of likely N-dealkylation sites (tertiary alicyclic amines) is 1. The Kier molecular flexibility index (Phi) is 6.22. The monoisotopic (exact) mass is 235 g/mol. The third-order valence-electron chi connectivity index (χ3n) is 3.06. The summed E-state index contributed by atoms with van der Waals surface area (Å²) in [5, 5.41) is 9.94. The molecule has 1 saturated heterocycles. The molecule has 17 heavy (non-hydrogen) atoms. The largest absolute Gasteiger partial charge is 0.377 e. The van der Waals surface area contributed by atoms with Gasteiger partial charge in [0, 0.05) is 25.5 Å². The quantitative estimate of drug-likeness (QED) is 0.452. The molecule has 1 rings (SSSR count). The van der Waals surface area contributed by atoms with Gasteiger partial charge in [0.2, 0.25) is 0 Å². The molecule has 0 aromatic rings. The van der Waals surface area contributed by atoms with Crippen molar-refractivity contribution in [2.24, 2.45) is 11.1 Å². The second kappa shape index (κ2) is 7.76. The second-order valence-corrected chi connectivity index (χ2v) is 4.54. The topological polar surface area (TPSA) is 56.5 Å². The van der Waals surface area contributed by atoms with Crippen LogP contribution in [0.3, 0.4) is 0 Å². The van der Waals surface area contributed by atoms with Crippen molar-refractivity contribution in [2.45, 2.75) is 26.2 Å². The van der Waals surface area contributed by atoms with Crippen molar-refractivity contribution < 1.29 is 0 Å². The highest BCUT2D eigenvalue weighted by Gasteiger charge is 2.15. The lowest BCUT2D eigenvalue weighted by atomic mass is 10.0. The van der Waals surface area contributed by atoms with Gasteiger partial charge in [-0.05, 0) is 43.8 Å². The van der Waals surface area contributed by atoms with Crippen LogP contribution in [0, 0.1) is 16.2 Å². The van der Waals surface area contributed by atoms with Gasteiger partial charge in [-0.1, -0.05) is 11.3 Å². The Morgan fingerprint density at radius 1 is 1.47 bits per heavy atom. The first-order valence-corrected chi connectivity index (χ1v) is 6.15. The number of nitrogens with zero attached hydrogens (tertiary/aromatic N) is 2. The van der Waals surface area contributed by atoms with E-state index in [1.54, 1.807) is 6.08 Å². The summed E-state index contributed by atoms with van der Waals surface area (Å²) in [6.07, 6.45) is 10.3. The van der Waals surface area contributed by atoms with E-state index in [1.807, 2.05) is 13.0 Å². The molecule has 0 saturated carbocycles. The zero-order chi connectivity index (χ0) is 12.5. The highest BCUT2D eigenvalue weighted by Crippen LogP contribution is 2.18. The van der Waals surface area contributed by atoms with Crippen molar-refractivity contribution in [3.8, 4) is 0 Å². The van der Waals surface area contributed by atoms with Crippen molar-refractivity contribution >= 4 is 6.21 Å². The standard InChI is InChI=1S/C13H21N3O/c1-12(4-2-7-14)11-16-8-3-5-13(6-9-16)10-15-17/h2,4,7,11,13-14H,3,5-6,8-10H2,1H3/b4-2-,12-11+,14-7?. The molecule has 94 valence electrons. The second-order valence-electron chi connectivity index (χ2n) is 4.54. The predicted molar refractivity (Wildman–Crippen MR) is 71.3 cm³/mol. The van der Waals surface area contributed by atoms with E-state index in [4.69, 9.17) is 5.41 Å². The Morgan fingerprint density at radius 2 is 2.29 bits per heavy atom. The molecule has 1 unspecified atom stereocenters. The van der Waals surface area contributed by atoms with Crippen LogP contribution >= 0.6 is 0 Å². The lowest BCUT2D eigenvalue weighted by Gasteiger charge is -2.18. The third-order valence-corrected chi connectivity index (χ3v) is 3.06. The number of hydrogen-bond acceptors (Lipinski definition) is 4. The molecule has 0 amide bonds. The molecule has 1 fully saturated rings. The Bertz CT molecular complexity index is 310. The summed E-state index contributed by atoms with van der Waals surface area (Å²) in [6, 6.07) is 0. The van der Waals surface area contributed by atoms with Crippen LogP contribution in [0.15, 0.2) is 29.1 Å². The SMILES string of the molecule is CC(/C=C\C=N)=C\N1CCCC(CN=O)CC1. The number of rotatable bonds is 5. The molecule has 1 aliphatic rings. The minimum Gasteiger partial charge on any atom is -0.377 e. The predicted octanol–water partition coefficient (Wildman–Crippen LogP) is 2.96. The minimum absolute atomic E-state index is 0.461. The van der Waals surface area contributed by atoms with Crippen LogP contribution in [0.2, 0.25) is 0 Å². The fraction of sp³-hybridized carbons (Fsp3) is 0.615. The van der Waals surface area contributed by atoms with Gasteiger partial charge in [-0.25, -0.2) is 0 Å². The summed E-state index contributed by atoms with van der Waals surface area (Å²) in [6.45, 7) is 4.54. The maximum absolute atomic E-state index is 10.3. The van der Waals surface area contributed by atoms with Gasteiger partial charge < -0.3 is 10.3 Å². The summed E-state index contributed by atoms with van der Waals surface area (Å²) in [7, 11) is 0. The first kappa shape index (κ1) is 13.6. The van der Waals surface area contributed by atoms with Crippen LogP contribution in [0.25, 0.3) is 0 Å². The number of nitroso groups, excluding NO2 is 1. The highest BCUT2D eigenvalue weighted by atomic mass is 16.3. The van der Waals surface area contributed by atoms with Crippen LogP contribution < -0.4 is 0 Å². The molecule has 4 heteroatoms. The molecule has 0 aliphatic carbocycles. The van der Waals surface area contributed by atoms with Crippen molar-refractivity contribution in [3.63, 3.8) is 0 Å². The normalized spacial score (nSPS) is 22.5. The van der Waals surface area contributed by atoms with Crippen molar-refractivity contribution in [2.75, 3.05) is 19.6 Å². The van der Waals surface area contributed by atoms with E-state index in [9.17, 15) is 4.91 Å². The molecule has 1 atom stereocenters. The molecular formula is C13H21N3O. The Hall–Kier alpha value is -1.45. The van der Waals surface area contributed by atoms with Crippen LogP contribution in [0.1, 0.15) is 26.2 Å². The van der Waals surface area contributed by atoms with Crippen LogP contribution in [-0.2, 0) is 0 Å². The average molecular weight is 235 g/mol. The summed E-state index contributed by atoms with van der Waals surface area (Å²) in [5.74, 6) is 0.461. The first-order valence-electron chi connectivity index (χ1n) is 6.15. The van der Waals surface area contributed by atoms with E-state index >= 15 is 0 Å². The Balaban J connectivity index is 2.48. The van der Waals surface area contributed by atoms with Crippen LogP contribution in [0.4, 0.5) is 0 Å². The van der Waals surface area contributed by atoms with Gasteiger partial charge >= 0.3 is 0 Å². The molecule has 0 spiro atoms. The van der Waals surface area contributed by atoms with E-state index in [2.05, 4.69) is 16.3 Å². The molecular weight excluding hydrogens is 214 g/mol. The van der Waals surface area contributed by atoms with E-state index in [0.29, 0.717) is 12.5 Å². The van der Waals surface area contributed by atoms with Gasteiger partial charge in [-0.15, -0.1) is 0 Å². The fourth-order valence-corrected chi connectivity index (χ4v) is 2.14. The smallest absolute Gasteiger partial charge is 0.0840 e.